The maximum Gasteiger partial charge on any atom is 0.191 e. The van der Waals surface area contributed by atoms with Gasteiger partial charge in [0.05, 0.1) is 6.54 Å². The molecule has 0 aliphatic carbocycles. The second-order valence-corrected chi connectivity index (χ2v) is 6.46. The lowest BCUT2D eigenvalue weighted by Crippen LogP contribution is -2.36. The summed E-state index contributed by atoms with van der Waals surface area (Å²) < 4.78 is 14.5. The molecule has 3 nitrogen and oxygen atoms in total. The molecule has 0 saturated heterocycles. The van der Waals surface area contributed by atoms with Crippen LogP contribution < -0.4 is 10.6 Å². The third kappa shape index (κ3) is 5.51. The lowest BCUT2D eigenvalue weighted by molar-refractivity contribution is 0.604. The van der Waals surface area contributed by atoms with Crippen LogP contribution in [0.5, 0.6) is 0 Å². The smallest absolute Gasteiger partial charge is 0.191 e. The molecule has 7 heteroatoms. The van der Waals surface area contributed by atoms with Gasteiger partial charge in [0.25, 0.3) is 0 Å². The number of guanidine groups is 1. The summed E-state index contributed by atoms with van der Waals surface area (Å²) in [6.07, 6.45) is 0. The van der Waals surface area contributed by atoms with Crippen LogP contribution in [0, 0.1) is 12.7 Å². The summed E-state index contributed by atoms with van der Waals surface area (Å²) in [7, 11) is 1.70. The lowest BCUT2D eigenvalue weighted by atomic mass is 10.2. The zero-order chi connectivity index (χ0) is 15.2. The first-order valence-electron chi connectivity index (χ1n) is 6.51. The minimum atomic E-state index is -0.235. The summed E-state index contributed by atoms with van der Waals surface area (Å²) >= 11 is 4.96. The number of halogens is 3. The minimum absolute atomic E-state index is 0. The van der Waals surface area contributed by atoms with Gasteiger partial charge in [-0.05, 0) is 36.1 Å². The fourth-order valence-corrected chi connectivity index (χ4v) is 2.99. The normalized spacial score (nSPS) is 11.0. The molecule has 120 valence electrons. The van der Waals surface area contributed by atoms with Gasteiger partial charge in [-0.1, -0.05) is 22.0 Å². The molecule has 1 heterocycles. The van der Waals surface area contributed by atoms with Gasteiger partial charge >= 0.3 is 0 Å². The predicted octanol–water partition coefficient (Wildman–Crippen LogP) is 4.44. The third-order valence-corrected chi connectivity index (χ3v) is 4.59. The van der Waals surface area contributed by atoms with E-state index in [4.69, 9.17) is 0 Å². The number of aryl methyl sites for hydroxylation is 1. The maximum atomic E-state index is 13.7. The van der Waals surface area contributed by atoms with E-state index in [1.807, 2.05) is 6.07 Å². The van der Waals surface area contributed by atoms with Gasteiger partial charge in [0.1, 0.15) is 5.82 Å². The van der Waals surface area contributed by atoms with E-state index in [0.717, 1.165) is 4.47 Å². The molecule has 0 spiro atoms. The first kappa shape index (κ1) is 19.4. The number of nitrogens with one attached hydrogen (secondary N) is 2. The van der Waals surface area contributed by atoms with Crippen LogP contribution in [0.4, 0.5) is 4.39 Å². The highest BCUT2D eigenvalue weighted by Gasteiger charge is 2.05. The van der Waals surface area contributed by atoms with Crippen molar-refractivity contribution in [3.63, 3.8) is 0 Å². The summed E-state index contributed by atoms with van der Waals surface area (Å²) in [6.45, 7) is 3.19. The Bertz CT molecular complexity index is 645. The summed E-state index contributed by atoms with van der Waals surface area (Å²) in [4.78, 5) is 5.42. The largest absolute Gasteiger partial charge is 0.352 e. The Morgan fingerprint density at radius 2 is 2.00 bits per heavy atom. The topological polar surface area (TPSA) is 36.4 Å². The van der Waals surface area contributed by atoms with Gasteiger partial charge in [0.15, 0.2) is 5.96 Å². The molecule has 0 radical (unpaired) electrons. The van der Waals surface area contributed by atoms with Gasteiger partial charge < -0.3 is 10.6 Å². The molecular formula is C15H18BrFIN3S. The van der Waals surface area contributed by atoms with Crippen LogP contribution in [0.1, 0.15) is 16.0 Å². The molecule has 0 saturated carbocycles. The Morgan fingerprint density at radius 3 is 2.59 bits per heavy atom. The molecule has 0 aliphatic heterocycles. The second kappa shape index (κ2) is 9.46. The number of hydrogen-bond acceptors (Lipinski definition) is 2. The highest BCUT2D eigenvalue weighted by Crippen LogP contribution is 2.16. The van der Waals surface area contributed by atoms with Gasteiger partial charge in [-0.3, -0.25) is 4.99 Å². The minimum Gasteiger partial charge on any atom is -0.352 e. The SMILES string of the molecule is CN=C(NCc1ccc(Br)cc1F)NCc1sccc1C.I. The maximum absolute atomic E-state index is 13.7. The molecule has 0 aliphatic rings. The summed E-state index contributed by atoms with van der Waals surface area (Å²) in [5.74, 6) is 0.423. The van der Waals surface area contributed by atoms with E-state index < -0.39 is 0 Å². The number of aliphatic imine (C=N–C) groups is 1. The Labute approximate surface area is 159 Å². The molecule has 0 bridgehead atoms. The van der Waals surface area contributed by atoms with Crippen LogP contribution in [0.2, 0.25) is 0 Å². The zero-order valence-electron chi connectivity index (χ0n) is 12.3. The quantitative estimate of drug-likeness (QED) is 0.372. The fraction of sp³-hybridized carbons (Fsp3) is 0.267. The average Bonchev–Trinajstić information content (AvgIpc) is 2.86. The highest BCUT2D eigenvalue weighted by molar-refractivity contribution is 14.0. The molecule has 0 fully saturated rings. The van der Waals surface area contributed by atoms with E-state index in [2.05, 4.69) is 49.9 Å². The number of hydrogen-bond donors (Lipinski definition) is 2. The van der Waals surface area contributed by atoms with E-state index in [1.165, 1.54) is 16.5 Å². The first-order chi connectivity index (χ1) is 10.1. The summed E-state index contributed by atoms with van der Waals surface area (Å²) in [5, 5.41) is 8.42. The monoisotopic (exact) mass is 497 g/mol. The van der Waals surface area contributed by atoms with Crippen molar-refractivity contribution in [1.29, 1.82) is 0 Å². The average molecular weight is 498 g/mol. The van der Waals surface area contributed by atoms with Gasteiger partial charge in [-0.25, -0.2) is 4.39 Å². The highest BCUT2D eigenvalue weighted by atomic mass is 127. The molecule has 1 aromatic heterocycles. The number of thiophene rings is 1. The predicted molar refractivity (Wildman–Crippen MR) is 106 cm³/mol. The molecule has 2 N–H and O–H groups in total. The van der Waals surface area contributed by atoms with E-state index in [-0.39, 0.29) is 29.8 Å². The van der Waals surface area contributed by atoms with Crippen LogP contribution in [0.25, 0.3) is 0 Å². The Morgan fingerprint density at radius 1 is 1.27 bits per heavy atom. The van der Waals surface area contributed by atoms with E-state index in [0.29, 0.717) is 24.6 Å². The van der Waals surface area contributed by atoms with Crippen molar-refractivity contribution in [2.75, 3.05) is 7.05 Å². The third-order valence-electron chi connectivity index (χ3n) is 3.07. The van der Waals surface area contributed by atoms with Crippen molar-refractivity contribution >= 4 is 57.2 Å². The van der Waals surface area contributed by atoms with Gasteiger partial charge in [-0.2, -0.15) is 0 Å². The number of rotatable bonds is 4. The van der Waals surface area contributed by atoms with Crippen molar-refractivity contribution in [1.82, 2.24) is 10.6 Å². The van der Waals surface area contributed by atoms with Crippen LogP contribution in [0.3, 0.4) is 0 Å². The van der Waals surface area contributed by atoms with Crippen molar-refractivity contribution in [3.8, 4) is 0 Å². The Kier molecular flexibility index (Phi) is 8.34. The van der Waals surface area contributed by atoms with Crippen LogP contribution in [-0.4, -0.2) is 13.0 Å². The zero-order valence-corrected chi connectivity index (χ0v) is 17.1. The lowest BCUT2D eigenvalue weighted by Gasteiger charge is -2.12. The number of benzene rings is 1. The molecule has 22 heavy (non-hydrogen) atoms. The van der Waals surface area contributed by atoms with Gasteiger partial charge in [0.2, 0.25) is 0 Å². The van der Waals surface area contributed by atoms with Crippen LogP contribution in [-0.2, 0) is 13.1 Å². The molecule has 0 atom stereocenters. The molecule has 2 rings (SSSR count). The van der Waals surface area contributed by atoms with Crippen LogP contribution >= 0.6 is 51.2 Å². The van der Waals surface area contributed by atoms with Gasteiger partial charge in [-0.15, -0.1) is 35.3 Å². The van der Waals surface area contributed by atoms with E-state index in [1.54, 1.807) is 24.5 Å². The summed E-state index contributed by atoms with van der Waals surface area (Å²) in [5.41, 5.74) is 1.87. The standard InChI is InChI=1S/C15H17BrFN3S.HI/c1-10-5-6-21-14(10)9-20-15(18-2)19-8-11-3-4-12(16)7-13(11)17;/h3-7H,8-9H2,1-2H3,(H2,18,19,20);1H. The summed E-state index contributed by atoms with van der Waals surface area (Å²) in [6, 6.07) is 7.13. The van der Waals surface area contributed by atoms with Crippen molar-refractivity contribution < 1.29 is 4.39 Å². The van der Waals surface area contributed by atoms with Crippen molar-refractivity contribution in [3.05, 3.63) is 55.9 Å². The van der Waals surface area contributed by atoms with E-state index in [9.17, 15) is 4.39 Å². The fourth-order valence-electron chi connectivity index (χ4n) is 1.81. The second-order valence-electron chi connectivity index (χ2n) is 4.54. The Balaban J connectivity index is 0.00000242. The molecular weight excluding hydrogens is 480 g/mol. The van der Waals surface area contributed by atoms with Gasteiger partial charge in [0, 0.05) is 28.5 Å². The molecule has 0 amide bonds. The first-order valence-corrected chi connectivity index (χ1v) is 8.19. The van der Waals surface area contributed by atoms with Crippen molar-refractivity contribution in [2.24, 2.45) is 4.99 Å². The molecule has 0 unspecified atom stereocenters. The molecule has 2 aromatic rings. The van der Waals surface area contributed by atoms with Crippen molar-refractivity contribution in [2.45, 2.75) is 20.0 Å². The molecule has 1 aromatic carbocycles. The van der Waals surface area contributed by atoms with Crippen LogP contribution in [0.15, 0.2) is 39.1 Å². The number of nitrogens with zero attached hydrogens (tertiary/aromatic N) is 1. The van der Waals surface area contributed by atoms with E-state index >= 15 is 0 Å². The Hall–Kier alpha value is -0.670.